The number of amides is 1. The number of carbonyl (C=O) groups excluding carboxylic acids is 1. The number of carbonyl (C=O) groups is 1. The summed E-state index contributed by atoms with van der Waals surface area (Å²) >= 11 is 0. The van der Waals surface area contributed by atoms with E-state index in [2.05, 4.69) is 15.5 Å². The lowest BCUT2D eigenvalue weighted by Gasteiger charge is -2.07. The van der Waals surface area contributed by atoms with Crippen LogP contribution in [0.25, 0.3) is 11.4 Å². The Balaban J connectivity index is 1.64. The van der Waals surface area contributed by atoms with Crippen molar-refractivity contribution in [2.24, 2.45) is 7.05 Å². The van der Waals surface area contributed by atoms with Gasteiger partial charge in [0.05, 0.1) is 23.3 Å². The molecule has 8 heteroatoms. The first-order valence-electron chi connectivity index (χ1n) is 8.69. The van der Waals surface area contributed by atoms with E-state index in [1.54, 1.807) is 18.7 Å². The minimum absolute atomic E-state index is 0.123. The van der Waals surface area contributed by atoms with Gasteiger partial charge >= 0.3 is 0 Å². The summed E-state index contributed by atoms with van der Waals surface area (Å²) in [5.41, 5.74) is 2.12. The summed E-state index contributed by atoms with van der Waals surface area (Å²) in [6.45, 7) is 1.78. The van der Waals surface area contributed by atoms with Crippen molar-refractivity contribution in [2.75, 3.05) is 5.32 Å². The van der Waals surface area contributed by atoms with Crippen LogP contribution in [0.15, 0.2) is 71.7 Å². The third-order valence-corrected chi connectivity index (χ3v) is 4.50. The van der Waals surface area contributed by atoms with Gasteiger partial charge < -0.3 is 5.32 Å². The van der Waals surface area contributed by atoms with Crippen molar-refractivity contribution in [3.63, 3.8) is 0 Å². The van der Waals surface area contributed by atoms with E-state index in [0.29, 0.717) is 11.4 Å². The van der Waals surface area contributed by atoms with E-state index < -0.39 is 5.91 Å². The molecular weight excluding hydrogens is 356 g/mol. The van der Waals surface area contributed by atoms with E-state index in [-0.39, 0.29) is 16.9 Å². The van der Waals surface area contributed by atoms with Crippen molar-refractivity contribution in [1.29, 1.82) is 0 Å². The van der Waals surface area contributed by atoms with Crippen LogP contribution in [-0.2, 0) is 7.05 Å². The normalized spacial score (nSPS) is 10.8. The minimum Gasteiger partial charge on any atom is -0.314 e. The van der Waals surface area contributed by atoms with Gasteiger partial charge in [0.25, 0.3) is 11.5 Å². The van der Waals surface area contributed by atoms with E-state index in [4.69, 9.17) is 0 Å². The number of nitrogens with zero attached hydrogens (tertiary/aromatic N) is 5. The Labute approximate surface area is 160 Å². The standard InChI is InChI=1S/C20H18N6O2/c1-14-18(20(28)25(24(14)2)15-9-5-3-6-10-15)22-19(27)17-13-21-26(23-17)16-11-7-4-8-12-16/h3-13H,1-2H3,(H,22,27). The number of para-hydroxylation sites is 2. The zero-order valence-electron chi connectivity index (χ0n) is 15.4. The SMILES string of the molecule is Cc1c(NC(=O)c2cnn(-c3ccccc3)n2)c(=O)n(-c2ccccc2)n1C. The summed E-state index contributed by atoms with van der Waals surface area (Å²) in [6.07, 6.45) is 1.37. The van der Waals surface area contributed by atoms with E-state index in [1.165, 1.54) is 15.7 Å². The van der Waals surface area contributed by atoms with Gasteiger partial charge in [-0.2, -0.15) is 9.90 Å². The van der Waals surface area contributed by atoms with Crippen molar-refractivity contribution in [3.05, 3.63) is 88.6 Å². The third kappa shape index (κ3) is 3.01. The maximum Gasteiger partial charge on any atom is 0.295 e. The van der Waals surface area contributed by atoms with Crippen LogP contribution in [0.3, 0.4) is 0 Å². The molecule has 4 aromatic rings. The average Bonchev–Trinajstić information content (AvgIpc) is 3.30. The van der Waals surface area contributed by atoms with Crippen LogP contribution in [0.2, 0.25) is 0 Å². The largest absolute Gasteiger partial charge is 0.314 e. The Morgan fingerprint density at radius 1 is 0.964 bits per heavy atom. The Morgan fingerprint density at radius 3 is 2.21 bits per heavy atom. The fourth-order valence-electron chi connectivity index (χ4n) is 2.94. The first-order chi connectivity index (χ1) is 13.6. The molecule has 0 bridgehead atoms. The quantitative estimate of drug-likeness (QED) is 0.594. The molecule has 1 amide bonds. The van der Waals surface area contributed by atoms with Gasteiger partial charge in [0.15, 0.2) is 5.69 Å². The summed E-state index contributed by atoms with van der Waals surface area (Å²) in [5, 5.41) is 11.0. The molecule has 0 aliphatic carbocycles. The topological polar surface area (TPSA) is 86.7 Å². The number of nitrogens with one attached hydrogen (secondary N) is 1. The predicted molar refractivity (Wildman–Crippen MR) is 105 cm³/mol. The lowest BCUT2D eigenvalue weighted by Crippen LogP contribution is -2.23. The van der Waals surface area contributed by atoms with Gasteiger partial charge in [-0.3, -0.25) is 14.3 Å². The zero-order chi connectivity index (χ0) is 19.7. The van der Waals surface area contributed by atoms with Gasteiger partial charge in [0.2, 0.25) is 0 Å². The van der Waals surface area contributed by atoms with Crippen LogP contribution in [0.5, 0.6) is 0 Å². The molecule has 4 rings (SSSR count). The molecule has 140 valence electrons. The Bertz CT molecular complexity index is 1190. The first kappa shape index (κ1) is 17.5. The number of hydrogen-bond acceptors (Lipinski definition) is 4. The molecule has 2 aromatic heterocycles. The minimum atomic E-state index is -0.492. The van der Waals surface area contributed by atoms with Crippen LogP contribution in [0.4, 0.5) is 5.69 Å². The van der Waals surface area contributed by atoms with Crippen LogP contribution in [0, 0.1) is 6.92 Å². The highest BCUT2D eigenvalue weighted by Crippen LogP contribution is 2.15. The van der Waals surface area contributed by atoms with Gasteiger partial charge in [-0.15, -0.1) is 5.10 Å². The summed E-state index contributed by atoms with van der Waals surface area (Å²) in [4.78, 5) is 26.9. The Hall–Kier alpha value is -3.94. The average molecular weight is 374 g/mol. The molecule has 0 unspecified atom stereocenters. The van der Waals surface area contributed by atoms with Gasteiger partial charge in [0.1, 0.15) is 5.69 Å². The number of hydrogen-bond donors (Lipinski definition) is 1. The molecule has 0 saturated heterocycles. The third-order valence-electron chi connectivity index (χ3n) is 4.50. The molecule has 0 aliphatic heterocycles. The van der Waals surface area contributed by atoms with Crippen LogP contribution in [0.1, 0.15) is 16.2 Å². The molecule has 1 N–H and O–H groups in total. The summed E-state index contributed by atoms with van der Waals surface area (Å²) in [7, 11) is 1.77. The van der Waals surface area contributed by atoms with Gasteiger partial charge in [-0.05, 0) is 31.2 Å². The second-order valence-corrected chi connectivity index (χ2v) is 6.25. The molecule has 0 saturated carbocycles. The van der Waals surface area contributed by atoms with E-state index >= 15 is 0 Å². The number of rotatable bonds is 4. The molecule has 0 spiro atoms. The second kappa shape index (κ2) is 6.99. The number of aromatic nitrogens is 5. The molecule has 28 heavy (non-hydrogen) atoms. The van der Waals surface area contributed by atoms with Crippen LogP contribution >= 0.6 is 0 Å². The second-order valence-electron chi connectivity index (χ2n) is 6.25. The molecule has 0 atom stereocenters. The van der Waals surface area contributed by atoms with Gasteiger partial charge in [-0.25, -0.2) is 4.68 Å². The highest BCUT2D eigenvalue weighted by Gasteiger charge is 2.20. The first-order valence-corrected chi connectivity index (χ1v) is 8.69. The number of anilines is 1. The fraction of sp³-hybridized carbons (Fsp3) is 0.100. The summed E-state index contributed by atoms with van der Waals surface area (Å²) in [6, 6.07) is 18.5. The lowest BCUT2D eigenvalue weighted by atomic mass is 10.3. The fourth-order valence-corrected chi connectivity index (χ4v) is 2.94. The molecule has 2 heterocycles. The maximum absolute atomic E-state index is 12.9. The highest BCUT2D eigenvalue weighted by atomic mass is 16.2. The van der Waals surface area contributed by atoms with Crippen LogP contribution < -0.4 is 10.9 Å². The molecule has 2 aromatic carbocycles. The molecular formula is C20H18N6O2. The van der Waals surface area contributed by atoms with Crippen molar-refractivity contribution in [1.82, 2.24) is 24.4 Å². The Kier molecular flexibility index (Phi) is 4.36. The van der Waals surface area contributed by atoms with Crippen molar-refractivity contribution >= 4 is 11.6 Å². The number of benzene rings is 2. The smallest absolute Gasteiger partial charge is 0.295 e. The van der Waals surface area contributed by atoms with Gasteiger partial charge in [0, 0.05) is 7.05 Å². The molecule has 0 radical (unpaired) electrons. The molecule has 0 fully saturated rings. The van der Waals surface area contributed by atoms with Crippen LogP contribution in [-0.4, -0.2) is 30.3 Å². The lowest BCUT2D eigenvalue weighted by molar-refractivity contribution is 0.102. The molecule has 8 nitrogen and oxygen atoms in total. The van der Waals surface area contributed by atoms with Gasteiger partial charge in [-0.1, -0.05) is 36.4 Å². The van der Waals surface area contributed by atoms with E-state index in [0.717, 1.165) is 5.69 Å². The zero-order valence-corrected chi connectivity index (χ0v) is 15.4. The van der Waals surface area contributed by atoms with Crippen molar-refractivity contribution in [3.8, 4) is 11.4 Å². The monoisotopic (exact) mass is 374 g/mol. The predicted octanol–water partition coefficient (Wildman–Crippen LogP) is 2.32. The highest BCUT2D eigenvalue weighted by molar-refractivity contribution is 6.02. The summed E-state index contributed by atoms with van der Waals surface area (Å²) < 4.78 is 3.21. The Morgan fingerprint density at radius 2 is 1.57 bits per heavy atom. The van der Waals surface area contributed by atoms with E-state index in [9.17, 15) is 9.59 Å². The molecule has 0 aliphatic rings. The van der Waals surface area contributed by atoms with Crippen molar-refractivity contribution < 1.29 is 4.79 Å². The summed E-state index contributed by atoms with van der Waals surface area (Å²) in [5.74, 6) is -0.492. The maximum atomic E-state index is 12.9. The van der Waals surface area contributed by atoms with E-state index in [1.807, 2.05) is 60.7 Å². The van der Waals surface area contributed by atoms with Crippen molar-refractivity contribution in [2.45, 2.75) is 6.92 Å².